The summed E-state index contributed by atoms with van der Waals surface area (Å²) >= 11 is 0. The zero-order valence-electron chi connectivity index (χ0n) is 20.8. The molecule has 0 aliphatic heterocycles. The molecule has 1 aromatic carbocycles. The third kappa shape index (κ3) is 8.16. The lowest BCUT2D eigenvalue weighted by molar-refractivity contribution is -0.156. The van der Waals surface area contributed by atoms with Crippen molar-refractivity contribution in [1.29, 1.82) is 0 Å². The molecule has 2 aromatic rings. The van der Waals surface area contributed by atoms with Crippen molar-refractivity contribution in [2.45, 2.75) is 52.9 Å². The number of aromatic nitrogens is 1. The predicted molar refractivity (Wildman–Crippen MR) is 126 cm³/mol. The molecule has 0 aliphatic carbocycles. The van der Waals surface area contributed by atoms with E-state index in [1.54, 1.807) is 6.92 Å². The van der Waals surface area contributed by atoms with E-state index in [2.05, 4.69) is 10.3 Å². The quantitative estimate of drug-likeness (QED) is 0.355. The molecule has 2 rings (SSSR count). The summed E-state index contributed by atoms with van der Waals surface area (Å²) in [5.74, 6) is -0.988. The number of rotatable bonds is 12. The molecule has 190 valence electrons. The lowest BCUT2D eigenvalue weighted by atomic mass is 10.0. The van der Waals surface area contributed by atoms with Gasteiger partial charge in [0, 0.05) is 19.2 Å². The van der Waals surface area contributed by atoms with Gasteiger partial charge in [-0.05, 0) is 31.9 Å². The minimum Gasteiger partial charge on any atom is -0.493 e. The van der Waals surface area contributed by atoms with Crippen molar-refractivity contribution < 1.29 is 38.1 Å². The van der Waals surface area contributed by atoms with E-state index >= 15 is 0 Å². The number of nitrogens with one attached hydrogen (secondary N) is 1. The van der Waals surface area contributed by atoms with Gasteiger partial charge in [-0.15, -0.1) is 0 Å². The van der Waals surface area contributed by atoms with Crippen LogP contribution in [-0.2, 0) is 19.1 Å². The van der Waals surface area contributed by atoms with Crippen molar-refractivity contribution in [1.82, 2.24) is 10.3 Å². The zero-order valence-corrected chi connectivity index (χ0v) is 20.8. The number of hydrogen-bond donors (Lipinski definition) is 1. The highest BCUT2D eigenvalue weighted by Crippen LogP contribution is 2.29. The maximum absolute atomic E-state index is 12.9. The lowest BCUT2D eigenvalue weighted by Gasteiger charge is -2.29. The average molecular weight is 489 g/mol. The number of esters is 2. The molecule has 35 heavy (non-hydrogen) atoms. The maximum Gasteiger partial charge on any atom is 0.328 e. The minimum absolute atomic E-state index is 0.0289. The van der Waals surface area contributed by atoms with Crippen LogP contribution in [0, 0.1) is 5.92 Å². The fourth-order valence-corrected chi connectivity index (χ4v) is 3.17. The van der Waals surface area contributed by atoms with E-state index in [-0.39, 0.29) is 23.1 Å². The Bertz CT molecular complexity index is 996. The molecule has 0 saturated carbocycles. The first-order chi connectivity index (χ1) is 16.6. The third-order valence-electron chi connectivity index (χ3n) is 4.91. The number of carbonyl (C=O) groups is 3. The predicted octanol–water partition coefficient (Wildman–Crippen LogP) is 3.14. The molecule has 0 fully saturated rings. The van der Waals surface area contributed by atoms with Crippen molar-refractivity contribution in [3.05, 3.63) is 48.3 Å². The first-order valence-electron chi connectivity index (χ1n) is 11.2. The van der Waals surface area contributed by atoms with Gasteiger partial charge in [0.05, 0.1) is 7.11 Å². The second-order valence-electron chi connectivity index (χ2n) is 8.07. The molecule has 1 N–H and O–H groups in total. The Hall–Kier alpha value is -3.82. The Labute approximate surface area is 204 Å². The Morgan fingerprint density at radius 3 is 2.31 bits per heavy atom. The average Bonchev–Trinajstić information content (AvgIpc) is 2.82. The highest BCUT2D eigenvalue weighted by Gasteiger charge is 2.29. The van der Waals surface area contributed by atoms with Crippen LogP contribution in [0.1, 0.15) is 45.1 Å². The first-order valence-corrected chi connectivity index (χ1v) is 11.2. The van der Waals surface area contributed by atoms with E-state index in [9.17, 15) is 14.4 Å². The van der Waals surface area contributed by atoms with Crippen LogP contribution in [-0.4, -0.2) is 55.0 Å². The van der Waals surface area contributed by atoms with Gasteiger partial charge in [-0.25, -0.2) is 9.78 Å². The van der Waals surface area contributed by atoms with Crippen LogP contribution in [0.2, 0.25) is 0 Å². The monoisotopic (exact) mass is 488 g/mol. The van der Waals surface area contributed by atoms with Gasteiger partial charge >= 0.3 is 11.9 Å². The molecule has 0 aliphatic rings. The molecule has 0 spiro atoms. The van der Waals surface area contributed by atoms with E-state index in [0.717, 1.165) is 0 Å². The summed E-state index contributed by atoms with van der Waals surface area (Å²) < 4.78 is 27.0. The van der Waals surface area contributed by atoms with Gasteiger partial charge in [0.15, 0.2) is 17.2 Å². The number of hydrogen-bond acceptors (Lipinski definition) is 9. The molecule has 10 nitrogen and oxygen atoms in total. The van der Waals surface area contributed by atoms with E-state index in [0.29, 0.717) is 5.75 Å². The van der Waals surface area contributed by atoms with Crippen molar-refractivity contribution in [2.24, 2.45) is 5.92 Å². The summed E-state index contributed by atoms with van der Waals surface area (Å²) in [6.45, 7) is 7.95. The van der Waals surface area contributed by atoms with Gasteiger partial charge in [-0.2, -0.15) is 0 Å². The Balaban J connectivity index is 2.06. The Morgan fingerprint density at radius 1 is 1.03 bits per heavy atom. The van der Waals surface area contributed by atoms with E-state index in [1.807, 2.05) is 44.2 Å². The normalized spacial score (nSPS) is 13.2. The number of pyridine rings is 1. The van der Waals surface area contributed by atoms with Crippen molar-refractivity contribution in [3.8, 4) is 17.2 Å². The number of nitrogens with zero attached hydrogens (tertiary/aromatic N) is 1. The molecule has 1 aromatic heterocycles. The van der Waals surface area contributed by atoms with Crippen LogP contribution >= 0.6 is 0 Å². The lowest BCUT2D eigenvalue weighted by Crippen LogP contribution is -2.44. The van der Waals surface area contributed by atoms with Crippen LogP contribution in [0.15, 0.2) is 42.6 Å². The van der Waals surface area contributed by atoms with E-state index in [4.69, 9.17) is 23.7 Å². The molecule has 1 amide bonds. The standard InChI is InChI=1S/C25H32N2O8/c1-15(2)22(35-19-10-8-7-9-11-19)17(4)34-25(30)16(3)27-24(29)21-23(33-14-32-18(5)28)20(31-6)12-13-26-21/h7-13,15-17,22H,14H2,1-6H3,(H,27,29)/t16-,17-,22-/m1/s1. The second kappa shape index (κ2) is 13.2. The summed E-state index contributed by atoms with van der Waals surface area (Å²) in [6, 6.07) is 9.75. The number of methoxy groups -OCH3 is 1. The molecular weight excluding hydrogens is 456 g/mol. The van der Waals surface area contributed by atoms with E-state index < -0.39 is 42.9 Å². The Kier molecular flexibility index (Phi) is 10.3. The topological polar surface area (TPSA) is 122 Å². The van der Waals surface area contributed by atoms with Crippen LogP contribution in [0.4, 0.5) is 0 Å². The van der Waals surface area contributed by atoms with Gasteiger partial charge in [-0.1, -0.05) is 32.0 Å². The molecular formula is C25H32N2O8. The fourth-order valence-electron chi connectivity index (χ4n) is 3.17. The molecule has 0 unspecified atom stereocenters. The highest BCUT2D eigenvalue weighted by atomic mass is 16.7. The van der Waals surface area contributed by atoms with Crippen molar-refractivity contribution in [3.63, 3.8) is 0 Å². The number of benzene rings is 1. The molecule has 0 saturated heterocycles. The molecule has 10 heteroatoms. The first kappa shape index (κ1) is 27.4. The Morgan fingerprint density at radius 2 is 1.71 bits per heavy atom. The smallest absolute Gasteiger partial charge is 0.328 e. The maximum atomic E-state index is 12.9. The number of para-hydroxylation sites is 1. The molecule has 0 bridgehead atoms. The van der Waals surface area contributed by atoms with Gasteiger partial charge < -0.3 is 29.0 Å². The van der Waals surface area contributed by atoms with Gasteiger partial charge in [0.1, 0.15) is 24.0 Å². The van der Waals surface area contributed by atoms with Crippen molar-refractivity contribution >= 4 is 17.8 Å². The molecule has 0 radical (unpaired) electrons. The summed E-state index contributed by atoms with van der Waals surface area (Å²) in [4.78, 5) is 40.6. The van der Waals surface area contributed by atoms with Gasteiger partial charge in [-0.3, -0.25) is 9.59 Å². The second-order valence-corrected chi connectivity index (χ2v) is 8.07. The minimum atomic E-state index is -0.996. The molecule has 1 heterocycles. The van der Waals surface area contributed by atoms with Gasteiger partial charge in [0.25, 0.3) is 5.91 Å². The van der Waals surface area contributed by atoms with Crippen molar-refractivity contribution in [2.75, 3.05) is 13.9 Å². The summed E-state index contributed by atoms with van der Waals surface area (Å²) in [5, 5.41) is 2.55. The molecule has 3 atom stereocenters. The van der Waals surface area contributed by atoms with Crippen LogP contribution in [0.25, 0.3) is 0 Å². The zero-order chi connectivity index (χ0) is 26.0. The highest BCUT2D eigenvalue weighted by molar-refractivity contribution is 5.98. The van der Waals surface area contributed by atoms with E-state index in [1.165, 1.54) is 33.2 Å². The summed E-state index contributed by atoms with van der Waals surface area (Å²) in [6.07, 6.45) is 0.372. The van der Waals surface area contributed by atoms with Gasteiger partial charge in [0.2, 0.25) is 6.79 Å². The largest absolute Gasteiger partial charge is 0.493 e. The number of ether oxygens (including phenoxy) is 5. The number of amides is 1. The SMILES string of the molecule is COc1ccnc(C(=O)N[C@H](C)C(=O)O[C@H](C)[C@H](Oc2ccccc2)C(C)C)c1OCOC(C)=O. The summed E-state index contributed by atoms with van der Waals surface area (Å²) in [7, 11) is 1.39. The fraction of sp³-hybridized carbons (Fsp3) is 0.440. The van der Waals surface area contributed by atoms with Crippen LogP contribution in [0.3, 0.4) is 0 Å². The summed E-state index contributed by atoms with van der Waals surface area (Å²) in [5.41, 5.74) is -0.142. The third-order valence-corrected chi connectivity index (χ3v) is 4.91. The van der Waals surface area contributed by atoms with Crippen LogP contribution < -0.4 is 19.5 Å². The number of carbonyl (C=O) groups excluding carboxylic acids is 3. The van der Waals surface area contributed by atoms with Crippen LogP contribution in [0.5, 0.6) is 17.2 Å².